The van der Waals surface area contributed by atoms with E-state index in [9.17, 15) is 0 Å². The molecule has 2 atom stereocenters. The summed E-state index contributed by atoms with van der Waals surface area (Å²) in [6, 6.07) is 114. The lowest BCUT2D eigenvalue weighted by Crippen LogP contribution is -2.33. The molecule has 2 heterocycles. The van der Waals surface area contributed by atoms with E-state index < -0.39 is 0 Å². The fourth-order valence-corrected chi connectivity index (χ4v) is 15.8. The summed E-state index contributed by atoms with van der Waals surface area (Å²) in [6.45, 7) is 7.29. The molecule has 13 aromatic carbocycles. The Bertz CT molecular complexity index is 5040. The van der Waals surface area contributed by atoms with Crippen LogP contribution in [0, 0.1) is 5.92 Å². The van der Waals surface area contributed by atoms with Gasteiger partial charge in [0.15, 0.2) is 0 Å². The second-order valence-electron chi connectivity index (χ2n) is 25.4. The van der Waals surface area contributed by atoms with Crippen molar-refractivity contribution < 1.29 is 0 Å². The van der Waals surface area contributed by atoms with E-state index in [2.05, 4.69) is 368 Å². The quantitative estimate of drug-likeness (QED) is 0.126. The third-order valence-corrected chi connectivity index (χ3v) is 19.9. The number of aromatic nitrogens is 2. The lowest BCUT2D eigenvalue weighted by atomic mass is 9.67. The van der Waals surface area contributed by atoms with Gasteiger partial charge in [-0.25, -0.2) is 0 Å². The Hall–Kier alpha value is -11.3. The fraction of sp³-hybridized carbons (Fsp3) is 0.0682. The van der Waals surface area contributed by atoms with Gasteiger partial charge in [0.1, 0.15) is 0 Å². The highest BCUT2D eigenvalue weighted by Gasteiger charge is 2.52. The van der Waals surface area contributed by atoms with Crippen molar-refractivity contribution in [2.75, 3.05) is 4.90 Å². The number of anilines is 3. The predicted octanol–water partition coefficient (Wildman–Crippen LogP) is 23.6. The van der Waals surface area contributed by atoms with Crippen molar-refractivity contribution >= 4 is 60.4 Å². The summed E-state index contributed by atoms with van der Waals surface area (Å²) in [5.41, 5.74) is 24.7. The molecule has 3 nitrogen and oxygen atoms in total. The van der Waals surface area contributed by atoms with Gasteiger partial charge in [-0.3, -0.25) is 0 Å². The zero-order chi connectivity index (χ0) is 60.8. The Balaban J connectivity index is 0.851. The average Bonchev–Trinajstić information content (AvgIpc) is 1.61. The highest BCUT2D eigenvalue weighted by Crippen LogP contribution is 2.58. The molecule has 2 aromatic heterocycles. The Morgan fingerprint density at radius 1 is 0.308 bits per heavy atom. The third-order valence-electron chi connectivity index (χ3n) is 19.9. The number of allylic oxidation sites excluding steroid dienone is 4. The van der Waals surface area contributed by atoms with Crippen LogP contribution in [0.15, 0.2) is 334 Å². The Kier molecular flexibility index (Phi) is 12.7. The van der Waals surface area contributed by atoms with Gasteiger partial charge in [0.2, 0.25) is 0 Å². The first-order chi connectivity index (χ1) is 44.8. The van der Waals surface area contributed by atoms with Crippen LogP contribution < -0.4 is 4.90 Å². The van der Waals surface area contributed by atoms with E-state index in [-0.39, 0.29) is 10.8 Å². The summed E-state index contributed by atoms with van der Waals surface area (Å²) in [5.74, 6) is 0.341. The number of nitrogens with zero attached hydrogens (tertiary/aromatic N) is 3. The van der Waals surface area contributed by atoms with Crippen molar-refractivity contribution in [1.29, 1.82) is 0 Å². The number of rotatable bonds is 11. The highest BCUT2D eigenvalue weighted by molar-refractivity contribution is 6.21. The van der Waals surface area contributed by atoms with Gasteiger partial charge >= 0.3 is 0 Å². The van der Waals surface area contributed by atoms with Crippen LogP contribution in [0.3, 0.4) is 0 Å². The van der Waals surface area contributed by atoms with Crippen molar-refractivity contribution in [1.82, 2.24) is 9.13 Å². The molecule has 17 rings (SSSR count). The van der Waals surface area contributed by atoms with Crippen LogP contribution in [0.1, 0.15) is 31.9 Å². The summed E-state index contributed by atoms with van der Waals surface area (Å²) in [4.78, 5) is 2.47. The number of benzene rings is 13. The molecule has 0 bridgehead atoms. The molecule has 3 heteroatoms. The zero-order valence-corrected chi connectivity index (χ0v) is 51.2. The van der Waals surface area contributed by atoms with Crippen molar-refractivity contribution in [3.63, 3.8) is 0 Å². The number of hydrogen-bond donors (Lipinski definition) is 0. The lowest BCUT2D eigenvalue weighted by Gasteiger charge is -2.36. The highest BCUT2D eigenvalue weighted by atomic mass is 15.1. The molecule has 0 radical (unpaired) electrons. The van der Waals surface area contributed by atoms with Gasteiger partial charge in [-0.05, 0) is 151 Å². The molecule has 2 aliphatic carbocycles. The van der Waals surface area contributed by atoms with Crippen LogP contribution in [0.4, 0.5) is 17.1 Å². The van der Waals surface area contributed by atoms with E-state index in [4.69, 9.17) is 0 Å². The van der Waals surface area contributed by atoms with E-state index in [0.717, 1.165) is 39.6 Å². The van der Waals surface area contributed by atoms with E-state index in [1.807, 2.05) is 0 Å². The number of fused-ring (bicyclic) bond motifs is 9. The molecule has 91 heavy (non-hydrogen) atoms. The van der Waals surface area contributed by atoms with Gasteiger partial charge in [-0.2, -0.15) is 0 Å². The van der Waals surface area contributed by atoms with Crippen LogP contribution in [-0.4, -0.2) is 9.13 Å². The van der Waals surface area contributed by atoms with Crippen LogP contribution in [-0.2, 0) is 10.8 Å². The van der Waals surface area contributed by atoms with Crippen LogP contribution in [0.5, 0.6) is 0 Å². The van der Waals surface area contributed by atoms with Crippen LogP contribution in [0.2, 0.25) is 0 Å². The Morgan fingerprint density at radius 2 is 0.681 bits per heavy atom. The minimum atomic E-state index is -0.100. The first-order valence-corrected chi connectivity index (χ1v) is 31.9. The smallest absolute Gasteiger partial charge is 0.0620 e. The molecule has 0 spiro atoms. The number of para-hydroxylation sites is 2. The fourth-order valence-electron chi connectivity index (χ4n) is 15.8. The van der Waals surface area contributed by atoms with Crippen molar-refractivity contribution in [3.8, 4) is 78.4 Å². The van der Waals surface area contributed by atoms with E-state index in [1.54, 1.807) is 0 Å². The molecular formula is C88H65N3. The van der Waals surface area contributed by atoms with Crippen molar-refractivity contribution in [2.24, 2.45) is 5.92 Å². The molecule has 15 aromatic rings. The van der Waals surface area contributed by atoms with Crippen molar-refractivity contribution in [3.05, 3.63) is 345 Å². The van der Waals surface area contributed by atoms with E-state index in [0.29, 0.717) is 5.92 Å². The molecule has 0 amide bonds. The first kappa shape index (κ1) is 53.9. The second-order valence-corrected chi connectivity index (χ2v) is 25.4. The largest absolute Gasteiger partial charge is 0.310 e. The normalized spacial score (nSPS) is 15.6. The summed E-state index contributed by atoms with van der Waals surface area (Å²) < 4.78 is 5.00. The first-order valence-electron chi connectivity index (χ1n) is 31.9. The summed E-state index contributed by atoms with van der Waals surface area (Å²) in [7, 11) is 0. The molecule has 0 fully saturated rings. The molecular weight excluding hydrogens is 1100 g/mol. The standard InChI is InChI=1S/C88H65N3/c1-87(2)79-56-69(53-54-78(79)88(3)55-27-26-44-80(87)88)89(67-49-45-59(46-50-67)74-57-76-81(61-28-10-4-11-29-61)83(63-32-14-6-15-33-63)90(65-36-18-8-19-37-65)85(76)72-42-24-22-40-70(72)74)68-51-47-60(48-52-68)75-58-77-82(62-30-12-5-13-31-62)84(64-34-16-7-17-35-64)91(66-38-20-9-21-39-66)86(77)73-43-25-23-41-71(73)75/h4-58,80H,1-3H3. The summed E-state index contributed by atoms with van der Waals surface area (Å²) >= 11 is 0. The average molecular weight is 1160 g/mol. The van der Waals surface area contributed by atoms with Gasteiger partial charge in [0.25, 0.3) is 0 Å². The molecule has 432 valence electrons. The van der Waals surface area contributed by atoms with Gasteiger partial charge in [0, 0.05) is 66.5 Å². The third kappa shape index (κ3) is 8.63. The molecule has 0 N–H and O–H groups in total. The minimum Gasteiger partial charge on any atom is -0.310 e. The Morgan fingerprint density at radius 3 is 1.11 bits per heavy atom. The van der Waals surface area contributed by atoms with Gasteiger partial charge in [-0.15, -0.1) is 0 Å². The Labute approximate surface area is 532 Å². The van der Waals surface area contributed by atoms with Gasteiger partial charge in [0.05, 0.1) is 22.4 Å². The maximum absolute atomic E-state index is 2.50. The van der Waals surface area contributed by atoms with Gasteiger partial charge in [-0.1, -0.05) is 282 Å². The molecule has 0 saturated carbocycles. The topological polar surface area (TPSA) is 13.1 Å². The summed E-state index contributed by atoms with van der Waals surface area (Å²) in [5, 5.41) is 7.24. The SMILES string of the molecule is CC1(C)c2cc(N(c3ccc(-c4cc5c(-c6ccccc6)c(-c6ccccc6)n(-c6ccccc6)c5c5ccccc45)cc3)c3ccc(-c4cc5c(-c6ccccc6)c(-c6ccccc6)n(-c6ccccc6)c5c5ccccc45)cc3)ccc2C2(C)C=CC=CC12. The van der Waals surface area contributed by atoms with Crippen LogP contribution in [0.25, 0.3) is 122 Å². The maximum Gasteiger partial charge on any atom is 0.0620 e. The maximum atomic E-state index is 2.50. The number of hydrogen-bond acceptors (Lipinski definition) is 1. The predicted molar refractivity (Wildman–Crippen MR) is 385 cm³/mol. The van der Waals surface area contributed by atoms with Crippen molar-refractivity contribution in [2.45, 2.75) is 31.6 Å². The van der Waals surface area contributed by atoms with E-state index in [1.165, 1.54) is 110 Å². The molecule has 0 aliphatic heterocycles. The molecule has 0 saturated heterocycles. The minimum absolute atomic E-state index is 0.0946. The molecule has 2 unspecified atom stereocenters. The van der Waals surface area contributed by atoms with Gasteiger partial charge < -0.3 is 14.0 Å². The summed E-state index contributed by atoms with van der Waals surface area (Å²) in [6.07, 6.45) is 9.33. The lowest BCUT2D eigenvalue weighted by molar-refractivity contribution is 0.324. The monoisotopic (exact) mass is 1160 g/mol. The molecule has 2 aliphatic rings. The second kappa shape index (κ2) is 21.5. The van der Waals surface area contributed by atoms with E-state index >= 15 is 0 Å². The van der Waals surface area contributed by atoms with Crippen LogP contribution >= 0.6 is 0 Å². The zero-order valence-electron chi connectivity index (χ0n) is 51.2.